The van der Waals surface area contributed by atoms with Crippen LogP contribution in [0.1, 0.15) is 5.56 Å². The first-order chi connectivity index (χ1) is 14.4. The molecule has 4 rings (SSSR count). The predicted molar refractivity (Wildman–Crippen MR) is 112 cm³/mol. The van der Waals surface area contributed by atoms with Gasteiger partial charge < -0.3 is 35.5 Å². The Morgan fingerprint density at radius 2 is 1.80 bits per heavy atom. The molecule has 1 aromatic heterocycles. The summed E-state index contributed by atoms with van der Waals surface area (Å²) in [5.74, 6) is 0. The van der Waals surface area contributed by atoms with E-state index in [9.17, 15) is 25.2 Å². The third-order valence-corrected chi connectivity index (χ3v) is 5.57. The first kappa shape index (κ1) is 20.5. The van der Waals surface area contributed by atoms with Gasteiger partial charge in [-0.15, -0.1) is 0 Å². The lowest BCUT2D eigenvalue weighted by molar-refractivity contribution is -0.245. The standard InChI is InChI=1S/C22H24N2O6/c1-11-14-8-7-13(23-18-20(27)19(26)16(10-25)30-22(18)29)9-15(14)24-21(28)17(11)12-5-3-2-4-6-12/h2-9,16,18-20,22-23,25-27,29H,10H2,1H3,(H,24,28)/t16?,18?,19-,20?,22?/m1/s1. The summed E-state index contributed by atoms with van der Waals surface area (Å²) in [6.07, 6.45) is -5.22. The number of ether oxygens (including phenoxy) is 1. The van der Waals surface area contributed by atoms with Crippen LogP contribution in [0.25, 0.3) is 22.0 Å². The molecule has 0 radical (unpaired) electrons. The van der Waals surface area contributed by atoms with Gasteiger partial charge in [-0.05, 0) is 30.2 Å². The van der Waals surface area contributed by atoms with E-state index < -0.39 is 37.3 Å². The van der Waals surface area contributed by atoms with Crippen LogP contribution >= 0.6 is 0 Å². The average molecular weight is 412 g/mol. The predicted octanol–water partition coefficient (Wildman–Crippen LogP) is 0.715. The minimum Gasteiger partial charge on any atom is -0.394 e. The minimum atomic E-state index is -1.43. The topological polar surface area (TPSA) is 135 Å². The molecule has 8 heteroatoms. The number of H-pyrrole nitrogens is 1. The molecule has 3 aromatic rings. The smallest absolute Gasteiger partial charge is 0.256 e. The molecular weight excluding hydrogens is 388 g/mol. The number of fused-ring (bicyclic) bond motifs is 1. The Balaban J connectivity index is 1.67. The van der Waals surface area contributed by atoms with Gasteiger partial charge in [0.25, 0.3) is 5.56 Å². The van der Waals surface area contributed by atoms with Gasteiger partial charge in [-0.3, -0.25) is 4.79 Å². The molecule has 0 amide bonds. The van der Waals surface area contributed by atoms with Gasteiger partial charge >= 0.3 is 0 Å². The molecule has 0 aliphatic carbocycles. The molecule has 1 fully saturated rings. The molecule has 2 heterocycles. The van der Waals surface area contributed by atoms with Crippen LogP contribution in [-0.4, -0.2) is 62.7 Å². The summed E-state index contributed by atoms with van der Waals surface area (Å²) in [5, 5.41) is 43.5. The first-order valence-electron chi connectivity index (χ1n) is 9.70. The number of nitrogens with one attached hydrogen (secondary N) is 2. The van der Waals surface area contributed by atoms with Gasteiger partial charge in [-0.1, -0.05) is 36.4 Å². The Morgan fingerprint density at radius 1 is 1.07 bits per heavy atom. The molecule has 1 aliphatic heterocycles. The van der Waals surface area contributed by atoms with Gasteiger partial charge in [-0.2, -0.15) is 0 Å². The van der Waals surface area contributed by atoms with Crippen molar-refractivity contribution >= 4 is 16.6 Å². The van der Waals surface area contributed by atoms with Crippen molar-refractivity contribution in [3.63, 3.8) is 0 Å². The zero-order valence-electron chi connectivity index (χ0n) is 16.3. The molecule has 1 saturated heterocycles. The number of aromatic amines is 1. The highest BCUT2D eigenvalue weighted by molar-refractivity contribution is 5.90. The molecule has 0 spiro atoms. The van der Waals surface area contributed by atoms with E-state index in [1.54, 1.807) is 12.1 Å². The van der Waals surface area contributed by atoms with Crippen LogP contribution in [0.4, 0.5) is 5.69 Å². The zero-order chi connectivity index (χ0) is 21.4. The summed E-state index contributed by atoms with van der Waals surface area (Å²) in [4.78, 5) is 15.6. The normalized spacial score (nSPS) is 26.6. The lowest BCUT2D eigenvalue weighted by Gasteiger charge is -2.40. The summed E-state index contributed by atoms with van der Waals surface area (Å²) >= 11 is 0. The number of anilines is 1. The maximum absolute atomic E-state index is 12.7. The van der Waals surface area contributed by atoms with E-state index in [2.05, 4.69) is 10.3 Å². The maximum atomic E-state index is 12.7. The molecule has 6 N–H and O–H groups in total. The van der Waals surface area contributed by atoms with Crippen LogP contribution in [0, 0.1) is 6.92 Å². The quantitative estimate of drug-likeness (QED) is 0.372. The van der Waals surface area contributed by atoms with Crippen LogP contribution in [0.5, 0.6) is 0 Å². The molecular formula is C22H24N2O6. The lowest BCUT2D eigenvalue weighted by atomic mass is 9.96. The molecule has 30 heavy (non-hydrogen) atoms. The van der Waals surface area contributed by atoms with Crippen molar-refractivity contribution in [2.24, 2.45) is 0 Å². The Hall–Kier alpha value is -2.75. The van der Waals surface area contributed by atoms with Crippen LogP contribution in [-0.2, 0) is 4.74 Å². The minimum absolute atomic E-state index is 0.217. The molecule has 158 valence electrons. The first-order valence-corrected chi connectivity index (χ1v) is 9.70. The highest BCUT2D eigenvalue weighted by Crippen LogP contribution is 2.28. The summed E-state index contributed by atoms with van der Waals surface area (Å²) in [6, 6.07) is 13.7. The van der Waals surface area contributed by atoms with E-state index in [1.165, 1.54) is 0 Å². The van der Waals surface area contributed by atoms with Crippen LogP contribution in [0.15, 0.2) is 53.3 Å². The fraction of sp³-hybridized carbons (Fsp3) is 0.318. The van der Waals surface area contributed by atoms with E-state index in [-0.39, 0.29) is 5.56 Å². The molecule has 2 aromatic carbocycles. The molecule has 5 atom stereocenters. The van der Waals surface area contributed by atoms with Crippen molar-refractivity contribution in [1.29, 1.82) is 0 Å². The Labute approximate surface area is 172 Å². The van der Waals surface area contributed by atoms with Crippen LogP contribution in [0.2, 0.25) is 0 Å². The molecule has 8 nitrogen and oxygen atoms in total. The third kappa shape index (κ3) is 3.60. The van der Waals surface area contributed by atoms with Gasteiger partial charge in [0.05, 0.1) is 17.7 Å². The van der Waals surface area contributed by atoms with Crippen molar-refractivity contribution in [3.05, 3.63) is 64.4 Å². The van der Waals surface area contributed by atoms with Crippen molar-refractivity contribution in [1.82, 2.24) is 4.98 Å². The van der Waals surface area contributed by atoms with E-state index in [4.69, 9.17) is 4.74 Å². The van der Waals surface area contributed by atoms with Gasteiger partial charge in [-0.25, -0.2) is 0 Å². The van der Waals surface area contributed by atoms with Gasteiger partial charge in [0.1, 0.15) is 24.4 Å². The fourth-order valence-corrected chi connectivity index (χ4v) is 3.95. The molecule has 0 saturated carbocycles. The van der Waals surface area contributed by atoms with Crippen molar-refractivity contribution in [2.45, 2.75) is 37.6 Å². The van der Waals surface area contributed by atoms with E-state index in [1.807, 2.05) is 43.3 Å². The second kappa shape index (κ2) is 8.17. The van der Waals surface area contributed by atoms with E-state index >= 15 is 0 Å². The van der Waals surface area contributed by atoms with Gasteiger partial charge in [0, 0.05) is 11.1 Å². The van der Waals surface area contributed by atoms with Gasteiger partial charge in [0.2, 0.25) is 0 Å². The van der Waals surface area contributed by atoms with Crippen LogP contribution in [0.3, 0.4) is 0 Å². The summed E-state index contributed by atoms with van der Waals surface area (Å²) in [5.41, 5.74) is 3.18. The fourth-order valence-electron chi connectivity index (χ4n) is 3.95. The largest absolute Gasteiger partial charge is 0.394 e. The Bertz CT molecular complexity index is 1100. The molecule has 0 bridgehead atoms. The SMILES string of the molecule is Cc1c(-c2ccccc2)c(=O)[nH]c2cc(NC3C(O)OC(CO)[C@@H](O)C3O)ccc12. The van der Waals surface area contributed by atoms with Gasteiger partial charge in [0.15, 0.2) is 6.29 Å². The zero-order valence-corrected chi connectivity index (χ0v) is 16.3. The summed E-state index contributed by atoms with van der Waals surface area (Å²) in [7, 11) is 0. The molecule has 1 aliphatic rings. The number of hydrogen-bond donors (Lipinski definition) is 6. The van der Waals surface area contributed by atoms with Crippen LogP contribution < -0.4 is 10.9 Å². The molecule has 4 unspecified atom stereocenters. The second-order valence-electron chi connectivity index (χ2n) is 7.48. The monoisotopic (exact) mass is 412 g/mol. The number of aromatic nitrogens is 1. The van der Waals surface area contributed by atoms with E-state index in [0.29, 0.717) is 16.8 Å². The maximum Gasteiger partial charge on any atom is 0.256 e. The second-order valence-corrected chi connectivity index (χ2v) is 7.48. The Morgan fingerprint density at radius 3 is 2.50 bits per heavy atom. The number of hydrogen-bond acceptors (Lipinski definition) is 7. The van der Waals surface area contributed by atoms with Crippen molar-refractivity contribution < 1.29 is 25.2 Å². The lowest BCUT2D eigenvalue weighted by Crippen LogP contribution is -2.61. The summed E-state index contributed by atoms with van der Waals surface area (Å²) in [6.45, 7) is 1.36. The summed E-state index contributed by atoms with van der Waals surface area (Å²) < 4.78 is 5.17. The van der Waals surface area contributed by atoms with Crippen molar-refractivity contribution in [3.8, 4) is 11.1 Å². The van der Waals surface area contributed by atoms with Crippen molar-refractivity contribution in [2.75, 3.05) is 11.9 Å². The number of benzene rings is 2. The Kier molecular flexibility index (Phi) is 5.59. The van der Waals surface area contributed by atoms with E-state index in [0.717, 1.165) is 16.5 Å². The highest BCUT2D eigenvalue weighted by Gasteiger charge is 2.43. The number of rotatable bonds is 4. The number of aliphatic hydroxyl groups is 4. The number of aliphatic hydroxyl groups excluding tert-OH is 4. The average Bonchev–Trinajstić information content (AvgIpc) is 2.74. The number of pyridine rings is 1. The third-order valence-electron chi connectivity index (χ3n) is 5.57. The highest BCUT2D eigenvalue weighted by atomic mass is 16.6. The number of aryl methyl sites for hydroxylation is 1.